The van der Waals surface area contributed by atoms with Crippen molar-refractivity contribution in [2.75, 3.05) is 26.2 Å². The second-order valence-electron chi connectivity index (χ2n) is 6.86. The average Bonchev–Trinajstić information content (AvgIpc) is 3.05. The summed E-state index contributed by atoms with van der Waals surface area (Å²) < 4.78 is 27.3. The van der Waals surface area contributed by atoms with E-state index < -0.39 is 10.0 Å². The van der Waals surface area contributed by atoms with Gasteiger partial charge in [0.1, 0.15) is 0 Å². The second-order valence-corrected chi connectivity index (χ2v) is 8.79. The minimum Gasteiger partial charge on any atom is -0.361 e. The highest BCUT2D eigenvalue weighted by Crippen LogP contribution is 2.22. The molecule has 0 aliphatic carbocycles. The van der Waals surface area contributed by atoms with Crippen LogP contribution in [0.15, 0.2) is 59.6 Å². The molecule has 0 unspecified atom stereocenters. The van der Waals surface area contributed by atoms with E-state index in [1.54, 1.807) is 22.5 Å². The Balaban J connectivity index is 1.44. The highest BCUT2D eigenvalue weighted by Gasteiger charge is 2.28. The fraction of sp³-hybridized carbons (Fsp3) is 0.300. The Kier molecular flexibility index (Phi) is 4.56. The monoisotopic (exact) mass is 369 g/mol. The van der Waals surface area contributed by atoms with Gasteiger partial charge >= 0.3 is 0 Å². The van der Waals surface area contributed by atoms with Crippen molar-refractivity contribution >= 4 is 20.9 Å². The normalized spacial score (nSPS) is 17.0. The van der Waals surface area contributed by atoms with Crippen molar-refractivity contribution < 1.29 is 8.42 Å². The first-order chi connectivity index (χ1) is 12.5. The zero-order valence-corrected chi connectivity index (χ0v) is 15.7. The Morgan fingerprint density at radius 1 is 1.00 bits per heavy atom. The number of sulfonamides is 1. The molecule has 1 aromatic heterocycles. The summed E-state index contributed by atoms with van der Waals surface area (Å²) in [5.74, 6) is 0. The third-order valence-corrected chi connectivity index (χ3v) is 6.92. The standard InChI is InChI=1S/C20H23N3O2S/c1-16-5-4-6-18(13-16)26(24,25)23-11-9-22(10-12-23)15-17-14-21-20-8-3-2-7-19(17)20/h2-8,13-14,21H,9-12,15H2,1H3. The molecule has 1 aliphatic heterocycles. The first kappa shape index (κ1) is 17.3. The molecule has 0 atom stereocenters. The smallest absolute Gasteiger partial charge is 0.243 e. The Bertz CT molecular complexity index is 1020. The highest BCUT2D eigenvalue weighted by molar-refractivity contribution is 7.89. The third-order valence-electron chi connectivity index (χ3n) is 5.03. The number of rotatable bonds is 4. The molecule has 0 radical (unpaired) electrons. The van der Waals surface area contributed by atoms with Crippen molar-refractivity contribution in [3.8, 4) is 0 Å². The molecule has 2 heterocycles. The quantitative estimate of drug-likeness (QED) is 0.769. The number of fused-ring (bicyclic) bond motifs is 1. The Morgan fingerprint density at radius 2 is 1.77 bits per heavy atom. The van der Waals surface area contributed by atoms with E-state index in [1.165, 1.54) is 10.9 Å². The molecule has 0 amide bonds. The van der Waals surface area contributed by atoms with Gasteiger partial charge in [0.15, 0.2) is 0 Å². The number of aromatic nitrogens is 1. The largest absolute Gasteiger partial charge is 0.361 e. The lowest BCUT2D eigenvalue weighted by Crippen LogP contribution is -2.48. The number of nitrogens with one attached hydrogen (secondary N) is 1. The van der Waals surface area contributed by atoms with Crippen LogP contribution in [0.2, 0.25) is 0 Å². The van der Waals surface area contributed by atoms with Gasteiger partial charge in [0.25, 0.3) is 0 Å². The lowest BCUT2D eigenvalue weighted by atomic mass is 10.1. The second kappa shape index (κ2) is 6.87. The van der Waals surface area contributed by atoms with Crippen molar-refractivity contribution in [3.63, 3.8) is 0 Å². The fourth-order valence-electron chi connectivity index (χ4n) is 3.56. The molecule has 0 bridgehead atoms. The van der Waals surface area contributed by atoms with E-state index in [-0.39, 0.29) is 0 Å². The van der Waals surface area contributed by atoms with Crippen LogP contribution < -0.4 is 0 Å². The zero-order chi connectivity index (χ0) is 18.1. The van der Waals surface area contributed by atoms with Gasteiger partial charge in [-0.05, 0) is 36.2 Å². The Hall–Kier alpha value is -2.15. The van der Waals surface area contributed by atoms with Gasteiger partial charge in [-0.25, -0.2) is 8.42 Å². The van der Waals surface area contributed by atoms with Crippen molar-refractivity contribution in [1.29, 1.82) is 0 Å². The van der Waals surface area contributed by atoms with Crippen LogP contribution in [0.25, 0.3) is 10.9 Å². The lowest BCUT2D eigenvalue weighted by molar-refractivity contribution is 0.182. The van der Waals surface area contributed by atoms with E-state index in [1.807, 2.05) is 25.1 Å². The van der Waals surface area contributed by atoms with Crippen molar-refractivity contribution in [1.82, 2.24) is 14.2 Å². The molecule has 3 aromatic rings. The number of hydrogen-bond acceptors (Lipinski definition) is 3. The number of H-pyrrole nitrogens is 1. The molecule has 6 heteroatoms. The fourth-order valence-corrected chi connectivity index (χ4v) is 5.08. The number of nitrogens with zero attached hydrogens (tertiary/aromatic N) is 2. The summed E-state index contributed by atoms with van der Waals surface area (Å²) in [7, 11) is -3.40. The van der Waals surface area contributed by atoms with Crippen molar-refractivity contribution in [2.24, 2.45) is 0 Å². The molecule has 0 spiro atoms. The van der Waals surface area contributed by atoms with Crippen LogP contribution >= 0.6 is 0 Å². The average molecular weight is 369 g/mol. The SMILES string of the molecule is Cc1cccc(S(=O)(=O)N2CCN(Cc3c[nH]c4ccccc34)CC2)c1. The van der Waals surface area contributed by atoms with Crippen LogP contribution in [0.5, 0.6) is 0 Å². The van der Waals surface area contributed by atoms with Crippen molar-refractivity contribution in [2.45, 2.75) is 18.4 Å². The maximum absolute atomic E-state index is 12.8. The molecular formula is C20H23N3O2S. The molecule has 1 N–H and O–H groups in total. The third kappa shape index (κ3) is 3.28. The van der Waals surface area contributed by atoms with Crippen LogP contribution in [-0.2, 0) is 16.6 Å². The van der Waals surface area contributed by atoms with Gasteiger partial charge in [-0.15, -0.1) is 0 Å². The van der Waals surface area contributed by atoms with Gasteiger partial charge in [-0.1, -0.05) is 30.3 Å². The van der Waals surface area contributed by atoms with E-state index in [0.29, 0.717) is 18.0 Å². The van der Waals surface area contributed by atoms with Gasteiger partial charge in [0.2, 0.25) is 10.0 Å². The summed E-state index contributed by atoms with van der Waals surface area (Å²) in [4.78, 5) is 6.01. The topological polar surface area (TPSA) is 56.4 Å². The van der Waals surface area contributed by atoms with E-state index in [2.05, 4.69) is 28.2 Å². The molecule has 136 valence electrons. The highest BCUT2D eigenvalue weighted by atomic mass is 32.2. The molecule has 0 saturated carbocycles. The molecule has 5 nitrogen and oxygen atoms in total. The van der Waals surface area contributed by atoms with E-state index in [9.17, 15) is 8.42 Å². The summed E-state index contributed by atoms with van der Waals surface area (Å²) in [6, 6.07) is 15.4. The Morgan fingerprint density at radius 3 is 2.54 bits per heavy atom. The lowest BCUT2D eigenvalue weighted by Gasteiger charge is -2.33. The number of aryl methyl sites for hydroxylation is 1. The summed E-state index contributed by atoms with van der Waals surface area (Å²) >= 11 is 0. The van der Waals surface area contributed by atoms with Gasteiger partial charge < -0.3 is 4.98 Å². The predicted octanol–water partition coefficient (Wildman–Crippen LogP) is 2.98. The van der Waals surface area contributed by atoms with E-state index in [0.717, 1.165) is 30.7 Å². The molecular weight excluding hydrogens is 346 g/mol. The van der Waals surface area contributed by atoms with Crippen LogP contribution in [0.4, 0.5) is 0 Å². The molecule has 1 fully saturated rings. The van der Waals surface area contributed by atoms with Gasteiger partial charge in [0, 0.05) is 49.8 Å². The van der Waals surface area contributed by atoms with Crippen LogP contribution in [-0.4, -0.2) is 48.8 Å². The summed E-state index contributed by atoms with van der Waals surface area (Å²) in [6.45, 7) is 5.28. The van der Waals surface area contributed by atoms with Gasteiger partial charge in [-0.3, -0.25) is 4.90 Å². The maximum Gasteiger partial charge on any atom is 0.243 e. The summed E-state index contributed by atoms with van der Waals surface area (Å²) in [5, 5.41) is 1.24. The summed E-state index contributed by atoms with van der Waals surface area (Å²) in [5.41, 5.74) is 3.36. The molecule has 4 rings (SSSR count). The van der Waals surface area contributed by atoms with Crippen LogP contribution in [0.3, 0.4) is 0 Å². The molecule has 1 saturated heterocycles. The minimum absolute atomic E-state index is 0.391. The molecule has 26 heavy (non-hydrogen) atoms. The number of para-hydroxylation sites is 1. The number of benzene rings is 2. The van der Waals surface area contributed by atoms with Crippen LogP contribution in [0, 0.1) is 6.92 Å². The number of hydrogen-bond donors (Lipinski definition) is 1. The van der Waals surface area contributed by atoms with E-state index >= 15 is 0 Å². The number of aromatic amines is 1. The maximum atomic E-state index is 12.8. The Labute approximate surface area is 154 Å². The predicted molar refractivity (Wildman–Crippen MR) is 104 cm³/mol. The zero-order valence-electron chi connectivity index (χ0n) is 14.9. The molecule has 2 aromatic carbocycles. The van der Waals surface area contributed by atoms with Crippen molar-refractivity contribution in [3.05, 3.63) is 65.9 Å². The van der Waals surface area contributed by atoms with E-state index in [4.69, 9.17) is 0 Å². The van der Waals surface area contributed by atoms with Crippen LogP contribution in [0.1, 0.15) is 11.1 Å². The van der Waals surface area contributed by atoms with Gasteiger partial charge in [0.05, 0.1) is 4.90 Å². The summed E-state index contributed by atoms with van der Waals surface area (Å²) in [6.07, 6.45) is 2.06. The molecule has 1 aliphatic rings. The first-order valence-corrected chi connectivity index (χ1v) is 10.3. The van der Waals surface area contributed by atoms with Gasteiger partial charge in [-0.2, -0.15) is 4.31 Å². The number of piperazine rings is 1. The minimum atomic E-state index is -3.40. The first-order valence-electron chi connectivity index (χ1n) is 8.88.